The van der Waals surface area contributed by atoms with Crippen LogP contribution in [0.15, 0.2) is 6.20 Å². The molecule has 0 unspecified atom stereocenters. The van der Waals surface area contributed by atoms with Gasteiger partial charge in [0, 0.05) is 6.54 Å². The molecule has 106 valence electrons. The lowest BCUT2D eigenvalue weighted by Crippen LogP contribution is -2.35. The SMILES string of the molecule is CCC1CCN(CCn2cc(C(=O)NN)nn2)CC1. The highest BCUT2D eigenvalue weighted by atomic mass is 16.2. The number of rotatable bonds is 5. The Morgan fingerprint density at radius 1 is 1.47 bits per heavy atom. The quantitative estimate of drug-likeness (QED) is 0.445. The zero-order valence-electron chi connectivity index (χ0n) is 11.4. The van der Waals surface area contributed by atoms with Crippen molar-refractivity contribution in [3.63, 3.8) is 0 Å². The van der Waals surface area contributed by atoms with Crippen LogP contribution in [0, 0.1) is 5.92 Å². The van der Waals surface area contributed by atoms with E-state index in [9.17, 15) is 4.79 Å². The zero-order valence-corrected chi connectivity index (χ0v) is 11.4. The predicted molar refractivity (Wildman–Crippen MR) is 71.1 cm³/mol. The molecule has 1 fully saturated rings. The van der Waals surface area contributed by atoms with Gasteiger partial charge in [0.25, 0.3) is 5.91 Å². The van der Waals surface area contributed by atoms with Gasteiger partial charge in [0.1, 0.15) is 0 Å². The summed E-state index contributed by atoms with van der Waals surface area (Å²) in [7, 11) is 0. The Balaban J connectivity index is 1.76. The van der Waals surface area contributed by atoms with Gasteiger partial charge in [0.15, 0.2) is 5.69 Å². The van der Waals surface area contributed by atoms with Crippen LogP contribution in [0.2, 0.25) is 0 Å². The lowest BCUT2D eigenvalue weighted by atomic mass is 9.94. The highest BCUT2D eigenvalue weighted by Gasteiger charge is 2.17. The minimum Gasteiger partial charge on any atom is -0.301 e. The van der Waals surface area contributed by atoms with E-state index < -0.39 is 5.91 Å². The normalized spacial score (nSPS) is 17.6. The van der Waals surface area contributed by atoms with Crippen molar-refractivity contribution in [2.45, 2.75) is 32.7 Å². The van der Waals surface area contributed by atoms with Gasteiger partial charge in [-0.15, -0.1) is 5.10 Å². The molecule has 0 saturated carbocycles. The second-order valence-electron chi connectivity index (χ2n) is 5.03. The number of nitrogens with zero attached hydrogens (tertiary/aromatic N) is 4. The number of hydrazine groups is 1. The first-order valence-electron chi connectivity index (χ1n) is 6.86. The van der Waals surface area contributed by atoms with E-state index in [-0.39, 0.29) is 5.69 Å². The average Bonchev–Trinajstić information content (AvgIpc) is 2.93. The number of piperidine rings is 1. The van der Waals surface area contributed by atoms with Gasteiger partial charge in [-0.3, -0.25) is 14.9 Å². The summed E-state index contributed by atoms with van der Waals surface area (Å²) in [6, 6.07) is 0. The predicted octanol–water partition coefficient (Wildman–Crippen LogP) is 0.00360. The summed E-state index contributed by atoms with van der Waals surface area (Å²) in [6.07, 6.45) is 5.48. The second kappa shape index (κ2) is 6.63. The summed E-state index contributed by atoms with van der Waals surface area (Å²) in [5.74, 6) is 5.53. The Bertz CT molecular complexity index is 410. The number of hydrogen-bond acceptors (Lipinski definition) is 5. The third-order valence-corrected chi connectivity index (χ3v) is 3.83. The molecule has 1 amide bonds. The van der Waals surface area contributed by atoms with Crippen molar-refractivity contribution in [1.29, 1.82) is 0 Å². The molecule has 0 spiro atoms. The first-order valence-corrected chi connectivity index (χ1v) is 6.86. The van der Waals surface area contributed by atoms with Crippen LogP contribution in [-0.4, -0.2) is 45.4 Å². The summed E-state index contributed by atoms with van der Waals surface area (Å²) in [4.78, 5) is 13.7. The molecule has 0 radical (unpaired) electrons. The van der Waals surface area contributed by atoms with Crippen molar-refractivity contribution >= 4 is 5.91 Å². The lowest BCUT2D eigenvalue weighted by Gasteiger charge is -2.31. The van der Waals surface area contributed by atoms with E-state index in [0.717, 1.165) is 32.1 Å². The maximum Gasteiger partial charge on any atom is 0.287 e. The van der Waals surface area contributed by atoms with Gasteiger partial charge >= 0.3 is 0 Å². The molecule has 0 bridgehead atoms. The summed E-state index contributed by atoms with van der Waals surface area (Å²) in [6.45, 7) is 6.28. The average molecular weight is 266 g/mol. The molecule has 0 aliphatic carbocycles. The molecular formula is C12H22N6O. The van der Waals surface area contributed by atoms with Crippen LogP contribution in [-0.2, 0) is 6.54 Å². The topological polar surface area (TPSA) is 89.1 Å². The second-order valence-corrected chi connectivity index (χ2v) is 5.03. The van der Waals surface area contributed by atoms with Crippen LogP contribution in [0.1, 0.15) is 36.7 Å². The van der Waals surface area contributed by atoms with Crippen molar-refractivity contribution in [2.24, 2.45) is 11.8 Å². The summed E-state index contributed by atoms with van der Waals surface area (Å²) in [5.41, 5.74) is 2.30. The van der Waals surface area contributed by atoms with Gasteiger partial charge in [0.05, 0.1) is 12.7 Å². The Labute approximate surface area is 113 Å². The minimum absolute atomic E-state index is 0.257. The molecule has 1 aliphatic heterocycles. The standard InChI is InChI=1S/C12H22N6O/c1-2-10-3-5-17(6-4-10)7-8-18-9-11(15-16-18)12(19)14-13/h9-10H,2-8,13H2,1H3,(H,14,19). The van der Waals surface area contributed by atoms with E-state index in [2.05, 4.69) is 22.1 Å². The Hall–Kier alpha value is -1.47. The van der Waals surface area contributed by atoms with Gasteiger partial charge in [-0.25, -0.2) is 5.84 Å². The fourth-order valence-corrected chi connectivity index (χ4v) is 2.45. The molecule has 1 aliphatic rings. The number of nitrogen functional groups attached to an aromatic ring is 1. The van der Waals surface area contributed by atoms with Crippen LogP contribution < -0.4 is 11.3 Å². The largest absolute Gasteiger partial charge is 0.301 e. The molecule has 3 N–H and O–H groups in total. The minimum atomic E-state index is -0.407. The number of carbonyl (C=O) groups excluding carboxylic acids is 1. The highest BCUT2D eigenvalue weighted by molar-refractivity contribution is 5.91. The molecule has 1 aromatic rings. The number of hydrogen-bond donors (Lipinski definition) is 2. The zero-order chi connectivity index (χ0) is 13.7. The van der Waals surface area contributed by atoms with Crippen LogP contribution in [0.4, 0.5) is 0 Å². The number of carbonyl (C=O) groups is 1. The summed E-state index contributed by atoms with van der Waals surface area (Å²) < 4.78 is 1.69. The van der Waals surface area contributed by atoms with Gasteiger partial charge in [-0.05, 0) is 31.8 Å². The van der Waals surface area contributed by atoms with Crippen LogP contribution in [0.5, 0.6) is 0 Å². The van der Waals surface area contributed by atoms with E-state index in [1.165, 1.54) is 19.3 Å². The van der Waals surface area contributed by atoms with Gasteiger partial charge < -0.3 is 4.90 Å². The Morgan fingerprint density at radius 3 is 2.84 bits per heavy atom. The Kier molecular flexibility index (Phi) is 4.86. The molecule has 19 heavy (non-hydrogen) atoms. The van der Waals surface area contributed by atoms with E-state index >= 15 is 0 Å². The third-order valence-electron chi connectivity index (χ3n) is 3.83. The van der Waals surface area contributed by atoms with E-state index in [4.69, 9.17) is 5.84 Å². The van der Waals surface area contributed by atoms with Crippen LogP contribution in [0.3, 0.4) is 0 Å². The smallest absolute Gasteiger partial charge is 0.287 e. The van der Waals surface area contributed by atoms with Crippen LogP contribution >= 0.6 is 0 Å². The number of nitrogens with two attached hydrogens (primary N) is 1. The molecule has 1 saturated heterocycles. The van der Waals surface area contributed by atoms with Crippen molar-refractivity contribution < 1.29 is 4.79 Å². The maximum atomic E-state index is 11.2. The Morgan fingerprint density at radius 2 is 2.21 bits per heavy atom. The molecule has 2 rings (SSSR count). The number of amides is 1. The summed E-state index contributed by atoms with van der Waals surface area (Å²) >= 11 is 0. The molecule has 2 heterocycles. The van der Waals surface area contributed by atoms with Gasteiger partial charge in [-0.2, -0.15) is 0 Å². The van der Waals surface area contributed by atoms with Gasteiger partial charge in [0.2, 0.25) is 0 Å². The number of nitrogens with one attached hydrogen (secondary N) is 1. The fraction of sp³-hybridized carbons (Fsp3) is 0.750. The van der Waals surface area contributed by atoms with Crippen molar-refractivity contribution in [3.05, 3.63) is 11.9 Å². The fourth-order valence-electron chi connectivity index (χ4n) is 2.45. The highest BCUT2D eigenvalue weighted by Crippen LogP contribution is 2.19. The third kappa shape index (κ3) is 3.74. The first-order chi connectivity index (χ1) is 9.22. The van der Waals surface area contributed by atoms with Crippen molar-refractivity contribution in [3.8, 4) is 0 Å². The molecule has 7 heteroatoms. The van der Waals surface area contributed by atoms with Crippen molar-refractivity contribution in [1.82, 2.24) is 25.3 Å². The monoisotopic (exact) mass is 266 g/mol. The molecule has 1 aromatic heterocycles. The first kappa shape index (κ1) is 14.0. The van der Waals surface area contributed by atoms with E-state index in [1.54, 1.807) is 10.9 Å². The molecule has 0 aromatic carbocycles. The lowest BCUT2D eigenvalue weighted by molar-refractivity contribution is 0.0948. The number of aromatic nitrogens is 3. The van der Waals surface area contributed by atoms with Crippen LogP contribution in [0.25, 0.3) is 0 Å². The maximum absolute atomic E-state index is 11.2. The van der Waals surface area contributed by atoms with Gasteiger partial charge in [-0.1, -0.05) is 18.6 Å². The van der Waals surface area contributed by atoms with E-state index in [0.29, 0.717) is 0 Å². The molecule has 0 atom stereocenters. The summed E-state index contributed by atoms with van der Waals surface area (Å²) in [5, 5.41) is 7.70. The van der Waals surface area contributed by atoms with E-state index in [1.807, 2.05) is 5.43 Å². The molecule has 7 nitrogen and oxygen atoms in total. The van der Waals surface area contributed by atoms with Crippen molar-refractivity contribution in [2.75, 3.05) is 19.6 Å². The molecular weight excluding hydrogens is 244 g/mol. The number of likely N-dealkylation sites (tertiary alicyclic amines) is 1.